The molecule has 0 saturated heterocycles. The molecule has 0 unspecified atom stereocenters. The first kappa shape index (κ1) is 14.5. The molecule has 0 saturated carbocycles. The summed E-state index contributed by atoms with van der Waals surface area (Å²) in [5, 5.41) is 11.2. The lowest BCUT2D eigenvalue weighted by atomic mass is 10.2. The number of nitrogens with zero attached hydrogens (tertiary/aromatic N) is 2. The van der Waals surface area contributed by atoms with Crippen LogP contribution in [-0.4, -0.2) is 15.1 Å². The van der Waals surface area contributed by atoms with Gasteiger partial charge in [-0.3, -0.25) is 9.97 Å². The highest BCUT2D eigenvalue weighted by Gasteiger charge is 1.93. The molecule has 0 atom stereocenters. The van der Waals surface area contributed by atoms with E-state index in [1.165, 1.54) is 11.6 Å². The minimum Gasteiger partial charge on any atom is -0.506 e. The van der Waals surface area contributed by atoms with Crippen LogP contribution in [0.2, 0.25) is 0 Å². The third-order valence-electron chi connectivity index (χ3n) is 3.13. The third-order valence-corrected chi connectivity index (χ3v) is 3.57. The molecule has 4 aromatic rings. The minimum absolute atomic E-state index is 0.212. The first-order chi connectivity index (χ1) is 10.7. The van der Waals surface area contributed by atoms with E-state index in [1.807, 2.05) is 54.7 Å². The molecule has 0 aliphatic rings. The van der Waals surface area contributed by atoms with Crippen LogP contribution in [-0.2, 0) is 0 Å². The van der Waals surface area contributed by atoms with Crippen LogP contribution in [0.3, 0.4) is 0 Å². The van der Waals surface area contributed by atoms with Gasteiger partial charge in [-0.1, -0.05) is 36.4 Å². The lowest BCUT2D eigenvalue weighted by molar-refractivity contribution is 0.474. The molecule has 0 spiro atoms. The van der Waals surface area contributed by atoms with Gasteiger partial charge in [-0.25, -0.2) is 0 Å². The predicted octanol–water partition coefficient (Wildman–Crippen LogP) is 4.94. The largest absolute Gasteiger partial charge is 0.506 e. The molecule has 0 aliphatic carbocycles. The predicted molar refractivity (Wildman–Crippen MR) is 92.9 cm³/mol. The smallest absolute Gasteiger partial charge is 0.134 e. The second kappa shape index (κ2) is 6.54. The third kappa shape index (κ3) is 3.40. The van der Waals surface area contributed by atoms with Gasteiger partial charge < -0.3 is 5.11 Å². The van der Waals surface area contributed by atoms with E-state index in [9.17, 15) is 0 Å². The maximum Gasteiger partial charge on any atom is 0.134 e. The van der Waals surface area contributed by atoms with Crippen molar-refractivity contribution in [3.63, 3.8) is 0 Å². The fraction of sp³-hybridized carbons (Fsp3) is 0. The summed E-state index contributed by atoms with van der Waals surface area (Å²) in [6, 6.07) is 19.5. The van der Waals surface area contributed by atoms with Gasteiger partial charge in [0.15, 0.2) is 0 Å². The van der Waals surface area contributed by atoms with Gasteiger partial charge in [0, 0.05) is 21.4 Å². The summed E-state index contributed by atoms with van der Waals surface area (Å²) in [4.78, 5) is 8.26. The fourth-order valence-corrected chi connectivity index (χ4v) is 2.45. The van der Waals surface area contributed by atoms with Crippen LogP contribution in [0.25, 0.3) is 21.8 Å². The van der Waals surface area contributed by atoms with Crippen molar-refractivity contribution in [2.75, 3.05) is 0 Å². The Morgan fingerprint density at radius 1 is 0.727 bits per heavy atom. The van der Waals surface area contributed by atoms with Crippen molar-refractivity contribution in [2.24, 2.45) is 0 Å². The minimum atomic E-state index is 0.212. The average Bonchev–Trinajstić information content (AvgIpc) is 2.55. The molecule has 2 aromatic carbocycles. The second-order valence-corrected chi connectivity index (χ2v) is 5.65. The van der Waals surface area contributed by atoms with Gasteiger partial charge >= 0.3 is 0 Å². The number of fused-ring (bicyclic) bond motifs is 2. The van der Waals surface area contributed by atoms with E-state index in [1.54, 1.807) is 6.07 Å². The maximum absolute atomic E-state index is 9.07. The fourth-order valence-electron chi connectivity index (χ4n) is 2.10. The van der Waals surface area contributed by atoms with Crippen molar-refractivity contribution >= 4 is 37.7 Å². The van der Waals surface area contributed by atoms with Crippen LogP contribution in [0, 0.1) is 0 Å². The zero-order valence-corrected chi connectivity index (χ0v) is 13.2. The van der Waals surface area contributed by atoms with Crippen molar-refractivity contribution < 1.29 is 5.11 Å². The molecule has 0 aliphatic heterocycles. The van der Waals surface area contributed by atoms with Crippen molar-refractivity contribution in [3.05, 3.63) is 77.5 Å². The highest BCUT2D eigenvalue weighted by atomic mass is 79.9. The number of aromatic nitrogens is 2. The van der Waals surface area contributed by atoms with Gasteiger partial charge in [-0.2, -0.15) is 0 Å². The standard InChI is InChI=1S/C9H6BrN.C9H7NO/c10-8-5-7-3-1-2-4-9(7)11-6-8;11-8-5-7-3-1-2-4-9(7)10-6-8/h1-6H;1-6,11H. The Hall–Kier alpha value is -2.46. The number of aromatic hydroxyl groups is 1. The number of hydrogen-bond donors (Lipinski definition) is 1. The normalized spacial score (nSPS) is 10.2. The Balaban J connectivity index is 0.000000131. The van der Waals surface area contributed by atoms with Gasteiger partial charge in [-0.05, 0) is 40.2 Å². The summed E-state index contributed by atoms with van der Waals surface area (Å²) in [7, 11) is 0. The van der Waals surface area contributed by atoms with E-state index in [0.29, 0.717) is 0 Å². The Kier molecular flexibility index (Phi) is 4.30. The zero-order chi connectivity index (χ0) is 15.4. The van der Waals surface area contributed by atoms with E-state index < -0.39 is 0 Å². The zero-order valence-electron chi connectivity index (χ0n) is 11.6. The first-order valence-corrected chi connectivity index (χ1v) is 7.56. The Labute approximate surface area is 136 Å². The molecule has 2 heterocycles. The van der Waals surface area contributed by atoms with E-state index in [2.05, 4.69) is 32.0 Å². The van der Waals surface area contributed by atoms with E-state index >= 15 is 0 Å². The summed E-state index contributed by atoms with van der Waals surface area (Å²) in [5.74, 6) is 0.212. The van der Waals surface area contributed by atoms with E-state index in [0.717, 1.165) is 20.9 Å². The number of halogens is 1. The van der Waals surface area contributed by atoms with Crippen molar-refractivity contribution in [1.29, 1.82) is 0 Å². The lowest BCUT2D eigenvalue weighted by Gasteiger charge is -1.95. The number of rotatable bonds is 0. The summed E-state index contributed by atoms with van der Waals surface area (Å²) in [5.41, 5.74) is 1.95. The number of para-hydroxylation sites is 2. The molecule has 22 heavy (non-hydrogen) atoms. The molecule has 3 nitrogen and oxygen atoms in total. The molecule has 4 heteroatoms. The molecule has 0 fully saturated rings. The van der Waals surface area contributed by atoms with Gasteiger partial charge in [-0.15, -0.1) is 0 Å². The monoisotopic (exact) mass is 352 g/mol. The summed E-state index contributed by atoms with van der Waals surface area (Å²) < 4.78 is 1.02. The summed E-state index contributed by atoms with van der Waals surface area (Å²) in [6.45, 7) is 0. The molecule has 0 amide bonds. The number of benzene rings is 2. The van der Waals surface area contributed by atoms with Crippen LogP contribution in [0.15, 0.2) is 77.5 Å². The molecule has 0 radical (unpaired) electrons. The highest BCUT2D eigenvalue weighted by Crippen LogP contribution is 2.16. The van der Waals surface area contributed by atoms with Gasteiger partial charge in [0.05, 0.1) is 17.2 Å². The van der Waals surface area contributed by atoms with Crippen LogP contribution < -0.4 is 0 Å². The second-order valence-electron chi connectivity index (χ2n) is 4.73. The van der Waals surface area contributed by atoms with Crippen molar-refractivity contribution in [2.45, 2.75) is 0 Å². The maximum atomic E-state index is 9.07. The Morgan fingerprint density at radius 2 is 1.27 bits per heavy atom. The molecular formula is C18H13BrN2O. The van der Waals surface area contributed by atoms with Crippen LogP contribution in [0.1, 0.15) is 0 Å². The Bertz CT molecular complexity index is 847. The molecule has 108 valence electrons. The molecule has 2 aromatic heterocycles. The van der Waals surface area contributed by atoms with Gasteiger partial charge in [0.25, 0.3) is 0 Å². The lowest BCUT2D eigenvalue weighted by Crippen LogP contribution is -1.76. The highest BCUT2D eigenvalue weighted by molar-refractivity contribution is 9.10. The van der Waals surface area contributed by atoms with Crippen molar-refractivity contribution in [3.8, 4) is 5.75 Å². The van der Waals surface area contributed by atoms with Gasteiger partial charge in [0.2, 0.25) is 0 Å². The summed E-state index contributed by atoms with van der Waals surface area (Å²) >= 11 is 3.37. The van der Waals surface area contributed by atoms with Crippen molar-refractivity contribution in [1.82, 2.24) is 9.97 Å². The number of pyridine rings is 2. The van der Waals surface area contributed by atoms with Crippen LogP contribution in [0.5, 0.6) is 5.75 Å². The number of hydrogen-bond acceptors (Lipinski definition) is 3. The molecule has 0 bridgehead atoms. The Morgan fingerprint density at radius 3 is 1.95 bits per heavy atom. The van der Waals surface area contributed by atoms with Crippen LogP contribution in [0.4, 0.5) is 0 Å². The van der Waals surface area contributed by atoms with Crippen LogP contribution >= 0.6 is 15.9 Å². The van der Waals surface area contributed by atoms with E-state index in [-0.39, 0.29) is 5.75 Å². The molecule has 4 rings (SSSR count). The average molecular weight is 353 g/mol. The first-order valence-electron chi connectivity index (χ1n) is 6.76. The van der Waals surface area contributed by atoms with E-state index in [4.69, 9.17) is 5.11 Å². The SMILES string of the molecule is Brc1cnc2ccccc2c1.Oc1cnc2ccccc2c1. The topological polar surface area (TPSA) is 46.0 Å². The molecule has 1 N–H and O–H groups in total. The summed E-state index contributed by atoms with van der Waals surface area (Å²) in [6.07, 6.45) is 3.25. The van der Waals surface area contributed by atoms with Gasteiger partial charge in [0.1, 0.15) is 5.75 Å². The quantitative estimate of drug-likeness (QED) is 0.487. The molecular weight excluding hydrogens is 340 g/mol.